The SMILES string of the molecule is COc1ccc2c(c1)CO[C@H]1CCCN[C@@H]21. The molecule has 2 heterocycles. The van der Waals surface area contributed by atoms with Crippen LogP contribution in [0.4, 0.5) is 0 Å². The van der Waals surface area contributed by atoms with E-state index in [1.54, 1.807) is 7.11 Å². The first-order chi connectivity index (χ1) is 7.88. The number of hydrogen-bond donors (Lipinski definition) is 1. The fourth-order valence-electron chi connectivity index (χ4n) is 2.68. The molecule has 0 spiro atoms. The molecule has 0 aliphatic carbocycles. The molecule has 3 rings (SSSR count). The van der Waals surface area contributed by atoms with E-state index >= 15 is 0 Å². The van der Waals surface area contributed by atoms with Crippen LogP contribution >= 0.6 is 0 Å². The lowest BCUT2D eigenvalue weighted by Gasteiger charge is -2.37. The Bertz CT molecular complexity index is 392. The van der Waals surface area contributed by atoms with Crippen molar-refractivity contribution in [2.45, 2.75) is 31.6 Å². The Hall–Kier alpha value is -1.06. The zero-order valence-corrected chi connectivity index (χ0v) is 9.53. The predicted molar refractivity (Wildman–Crippen MR) is 61.5 cm³/mol. The average Bonchev–Trinajstić information content (AvgIpc) is 2.38. The van der Waals surface area contributed by atoms with Crippen LogP contribution in [-0.4, -0.2) is 19.8 Å². The molecule has 0 bridgehead atoms. The van der Waals surface area contributed by atoms with Crippen LogP contribution in [-0.2, 0) is 11.3 Å². The molecule has 1 N–H and O–H groups in total. The number of rotatable bonds is 1. The molecule has 2 aliphatic heterocycles. The van der Waals surface area contributed by atoms with E-state index in [0.29, 0.717) is 12.1 Å². The maximum atomic E-state index is 5.89. The molecular formula is C13H17NO2. The summed E-state index contributed by atoms with van der Waals surface area (Å²) in [5.41, 5.74) is 2.65. The third kappa shape index (κ3) is 1.60. The molecule has 1 fully saturated rings. The molecule has 1 saturated heterocycles. The number of fused-ring (bicyclic) bond motifs is 3. The van der Waals surface area contributed by atoms with Gasteiger partial charge in [-0.05, 0) is 42.6 Å². The largest absolute Gasteiger partial charge is 0.497 e. The number of benzene rings is 1. The molecule has 0 radical (unpaired) electrons. The molecule has 2 atom stereocenters. The van der Waals surface area contributed by atoms with Crippen LogP contribution in [0.5, 0.6) is 5.75 Å². The number of nitrogens with one attached hydrogen (secondary N) is 1. The molecule has 1 aromatic carbocycles. The summed E-state index contributed by atoms with van der Waals surface area (Å²) in [6, 6.07) is 6.68. The topological polar surface area (TPSA) is 30.5 Å². The molecule has 1 aromatic rings. The van der Waals surface area contributed by atoms with Crippen LogP contribution in [0.1, 0.15) is 30.0 Å². The van der Waals surface area contributed by atoms with Crippen molar-refractivity contribution in [2.24, 2.45) is 0 Å². The molecular weight excluding hydrogens is 202 g/mol. The lowest BCUT2D eigenvalue weighted by atomic mass is 9.89. The summed E-state index contributed by atoms with van der Waals surface area (Å²) in [5.74, 6) is 0.914. The van der Waals surface area contributed by atoms with Crippen LogP contribution in [0, 0.1) is 0 Å². The highest BCUT2D eigenvalue weighted by Gasteiger charge is 2.32. The molecule has 3 heteroatoms. The molecule has 0 amide bonds. The van der Waals surface area contributed by atoms with Crippen molar-refractivity contribution >= 4 is 0 Å². The number of methoxy groups -OCH3 is 1. The molecule has 0 saturated carbocycles. The third-order valence-corrected chi connectivity index (χ3v) is 3.54. The van der Waals surface area contributed by atoms with Gasteiger partial charge in [0.25, 0.3) is 0 Å². The van der Waals surface area contributed by atoms with E-state index in [9.17, 15) is 0 Å². The van der Waals surface area contributed by atoms with E-state index in [4.69, 9.17) is 9.47 Å². The number of piperidine rings is 1. The van der Waals surface area contributed by atoms with Crippen LogP contribution in [0.3, 0.4) is 0 Å². The van der Waals surface area contributed by atoms with Crippen molar-refractivity contribution in [1.29, 1.82) is 0 Å². The van der Waals surface area contributed by atoms with E-state index < -0.39 is 0 Å². The summed E-state index contributed by atoms with van der Waals surface area (Å²) < 4.78 is 11.1. The minimum Gasteiger partial charge on any atom is -0.497 e. The van der Waals surface area contributed by atoms with Crippen molar-refractivity contribution in [3.63, 3.8) is 0 Å². The zero-order chi connectivity index (χ0) is 11.0. The monoisotopic (exact) mass is 219 g/mol. The normalized spacial score (nSPS) is 28.1. The fourth-order valence-corrected chi connectivity index (χ4v) is 2.68. The maximum absolute atomic E-state index is 5.89. The minimum atomic E-state index is 0.356. The minimum absolute atomic E-state index is 0.356. The van der Waals surface area contributed by atoms with Gasteiger partial charge in [-0.2, -0.15) is 0 Å². The average molecular weight is 219 g/mol. The highest BCUT2D eigenvalue weighted by atomic mass is 16.5. The van der Waals surface area contributed by atoms with E-state index in [2.05, 4.69) is 17.4 Å². The summed E-state index contributed by atoms with van der Waals surface area (Å²) in [4.78, 5) is 0. The van der Waals surface area contributed by atoms with Crippen molar-refractivity contribution in [1.82, 2.24) is 5.32 Å². The van der Waals surface area contributed by atoms with Gasteiger partial charge in [0.15, 0.2) is 0 Å². The third-order valence-electron chi connectivity index (χ3n) is 3.54. The first-order valence-electron chi connectivity index (χ1n) is 5.90. The molecule has 0 unspecified atom stereocenters. The second-order valence-electron chi connectivity index (χ2n) is 4.49. The standard InChI is InChI=1S/C13H17NO2/c1-15-10-4-5-11-9(7-10)8-16-12-3-2-6-14-13(11)12/h4-5,7,12-14H,2-3,6,8H2,1H3/t12-,13-/m0/s1. The van der Waals surface area contributed by atoms with Gasteiger partial charge in [0.05, 0.1) is 25.9 Å². The van der Waals surface area contributed by atoms with Gasteiger partial charge in [0, 0.05) is 0 Å². The molecule has 3 nitrogen and oxygen atoms in total. The first-order valence-corrected chi connectivity index (χ1v) is 5.90. The number of hydrogen-bond acceptors (Lipinski definition) is 3. The summed E-state index contributed by atoms with van der Waals surface area (Å²) in [6.07, 6.45) is 2.74. The Morgan fingerprint density at radius 1 is 1.44 bits per heavy atom. The Balaban J connectivity index is 1.96. The van der Waals surface area contributed by atoms with Crippen molar-refractivity contribution < 1.29 is 9.47 Å². The smallest absolute Gasteiger partial charge is 0.119 e. The van der Waals surface area contributed by atoms with Crippen LogP contribution in [0.25, 0.3) is 0 Å². The molecule has 86 valence electrons. The van der Waals surface area contributed by atoms with Crippen molar-refractivity contribution in [3.8, 4) is 5.75 Å². The van der Waals surface area contributed by atoms with Crippen LogP contribution < -0.4 is 10.1 Å². The quantitative estimate of drug-likeness (QED) is 0.784. The Kier molecular flexibility index (Phi) is 2.58. The van der Waals surface area contributed by atoms with Crippen LogP contribution in [0.2, 0.25) is 0 Å². The lowest BCUT2D eigenvalue weighted by Crippen LogP contribution is -2.42. The van der Waals surface area contributed by atoms with Gasteiger partial charge in [0.2, 0.25) is 0 Å². The van der Waals surface area contributed by atoms with E-state index in [-0.39, 0.29) is 0 Å². The van der Waals surface area contributed by atoms with Gasteiger partial charge in [-0.1, -0.05) is 6.07 Å². The van der Waals surface area contributed by atoms with Crippen molar-refractivity contribution in [2.75, 3.05) is 13.7 Å². The molecule has 16 heavy (non-hydrogen) atoms. The predicted octanol–water partition coefficient (Wildman–Crippen LogP) is 2.02. The highest BCUT2D eigenvalue weighted by molar-refractivity contribution is 5.39. The highest BCUT2D eigenvalue weighted by Crippen LogP contribution is 2.35. The molecule has 2 aliphatic rings. The van der Waals surface area contributed by atoms with Gasteiger partial charge in [0.1, 0.15) is 5.75 Å². The second kappa shape index (κ2) is 4.07. The summed E-state index contributed by atoms with van der Waals surface area (Å²) in [7, 11) is 1.70. The van der Waals surface area contributed by atoms with E-state index in [0.717, 1.165) is 18.9 Å². The zero-order valence-electron chi connectivity index (χ0n) is 9.53. The maximum Gasteiger partial charge on any atom is 0.119 e. The van der Waals surface area contributed by atoms with E-state index in [1.165, 1.54) is 24.0 Å². The van der Waals surface area contributed by atoms with Crippen LogP contribution in [0.15, 0.2) is 18.2 Å². The van der Waals surface area contributed by atoms with Gasteiger partial charge in [-0.15, -0.1) is 0 Å². The van der Waals surface area contributed by atoms with Gasteiger partial charge in [-0.3, -0.25) is 0 Å². The fraction of sp³-hybridized carbons (Fsp3) is 0.538. The van der Waals surface area contributed by atoms with Gasteiger partial charge in [-0.25, -0.2) is 0 Å². The summed E-state index contributed by atoms with van der Waals surface area (Å²) in [6.45, 7) is 1.81. The second-order valence-corrected chi connectivity index (χ2v) is 4.49. The Morgan fingerprint density at radius 2 is 2.38 bits per heavy atom. The van der Waals surface area contributed by atoms with E-state index in [1.807, 2.05) is 6.07 Å². The van der Waals surface area contributed by atoms with Gasteiger partial charge >= 0.3 is 0 Å². The summed E-state index contributed by atoms with van der Waals surface area (Å²) >= 11 is 0. The van der Waals surface area contributed by atoms with Crippen molar-refractivity contribution in [3.05, 3.63) is 29.3 Å². The first kappa shape index (κ1) is 10.1. The molecule has 0 aromatic heterocycles. The lowest BCUT2D eigenvalue weighted by molar-refractivity contribution is -0.0178. The van der Waals surface area contributed by atoms with Gasteiger partial charge < -0.3 is 14.8 Å². The summed E-state index contributed by atoms with van der Waals surface area (Å²) in [5, 5.41) is 3.55. The Morgan fingerprint density at radius 3 is 3.25 bits per heavy atom. The number of ether oxygens (including phenoxy) is 2. The Labute approximate surface area is 95.8 Å².